The SMILES string of the molecule is COCC(C)Nc1cc(CN(C)C)ccc1C(=O)Nc1n[nH]c2ccc(S(=O)(=O)c3cc(F)cc(F)c3)cc12. The number of nitrogens with zero attached hydrogens (tertiary/aromatic N) is 2. The highest BCUT2D eigenvalue weighted by atomic mass is 32.2. The Labute approximate surface area is 225 Å². The predicted molar refractivity (Wildman–Crippen MR) is 145 cm³/mol. The number of hydrogen-bond donors (Lipinski definition) is 3. The smallest absolute Gasteiger partial charge is 0.258 e. The van der Waals surface area contributed by atoms with Crippen LogP contribution in [0.5, 0.6) is 0 Å². The number of aromatic nitrogens is 2. The number of sulfone groups is 1. The minimum atomic E-state index is -4.25. The normalized spacial score (nSPS) is 12.6. The molecule has 9 nitrogen and oxygen atoms in total. The van der Waals surface area contributed by atoms with Crippen molar-refractivity contribution >= 4 is 38.2 Å². The first-order valence-corrected chi connectivity index (χ1v) is 13.5. The maximum absolute atomic E-state index is 13.7. The van der Waals surface area contributed by atoms with Gasteiger partial charge in [-0.05, 0) is 69.0 Å². The fourth-order valence-corrected chi connectivity index (χ4v) is 5.51. The van der Waals surface area contributed by atoms with Crippen LogP contribution < -0.4 is 10.6 Å². The monoisotopic (exact) mass is 557 g/mol. The molecule has 12 heteroatoms. The number of nitrogens with one attached hydrogen (secondary N) is 3. The molecule has 0 saturated carbocycles. The number of carbonyl (C=O) groups excluding carboxylic acids is 1. The first kappa shape index (κ1) is 28.1. The van der Waals surface area contributed by atoms with E-state index in [9.17, 15) is 22.0 Å². The molecule has 0 aliphatic carbocycles. The Hall–Kier alpha value is -3.87. The molecule has 1 heterocycles. The molecule has 3 N–H and O–H groups in total. The van der Waals surface area contributed by atoms with Gasteiger partial charge in [0.1, 0.15) is 11.6 Å². The fourth-order valence-electron chi connectivity index (χ4n) is 4.18. The molecular weight excluding hydrogens is 528 g/mol. The van der Waals surface area contributed by atoms with Crippen LogP contribution in [0.3, 0.4) is 0 Å². The van der Waals surface area contributed by atoms with Crippen molar-refractivity contribution in [2.24, 2.45) is 0 Å². The number of fused-ring (bicyclic) bond motifs is 1. The molecule has 39 heavy (non-hydrogen) atoms. The van der Waals surface area contributed by atoms with Gasteiger partial charge in [-0.15, -0.1) is 0 Å². The number of hydrogen-bond acceptors (Lipinski definition) is 7. The van der Waals surface area contributed by atoms with Gasteiger partial charge in [0, 0.05) is 36.8 Å². The quantitative estimate of drug-likeness (QED) is 0.264. The topological polar surface area (TPSA) is 116 Å². The number of halogens is 2. The highest BCUT2D eigenvalue weighted by Crippen LogP contribution is 2.29. The van der Waals surface area contributed by atoms with E-state index in [2.05, 4.69) is 20.8 Å². The second-order valence-corrected chi connectivity index (χ2v) is 11.4. The molecule has 0 spiro atoms. The van der Waals surface area contributed by atoms with Gasteiger partial charge in [-0.3, -0.25) is 9.89 Å². The molecule has 0 fully saturated rings. The summed E-state index contributed by atoms with van der Waals surface area (Å²) >= 11 is 0. The number of rotatable bonds is 10. The number of benzene rings is 3. The average molecular weight is 558 g/mol. The molecule has 1 amide bonds. The fraction of sp³-hybridized carbons (Fsp3) is 0.259. The van der Waals surface area contributed by atoms with Gasteiger partial charge in [-0.2, -0.15) is 5.10 Å². The summed E-state index contributed by atoms with van der Waals surface area (Å²) in [6.07, 6.45) is 0. The lowest BCUT2D eigenvalue weighted by molar-refractivity contribution is 0.102. The number of anilines is 2. The summed E-state index contributed by atoms with van der Waals surface area (Å²) in [5.41, 5.74) is 2.42. The third kappa shape index (κ3) is 6.41. The van der Waals surface area contributed by atoms with Gasteiger partial charge in [0.15, 0.2) is 5.82 Å². The number of ether oxygens (including phenoxy) is 1. The third-order valence-corrected chi connectivity index (χ3v) is 7.60. The van der Waals surface area contributed by atoms with Gasteiger partial charge in [0.25, 0.3) is 5.91 Å². The molecule has 0 bridgehead atoms. The maximum Gasteiger partial charge on any atom is 0.258 e. The van der Waals surface area contributed by atoms with Crippen molar-refractivity contribution in [3.8, 4) is 0 Å². The first-order valence-electron chi connectivity index (χ1n) is 12.0. The van der Waals surface area contributed by atoms with Crippen molar-refractivity contribution in [3.63, 3.8) is 0 Å². The van der Waals surface area contributed by atoms with E-state index in [1.165, 1.54) is 18.2 Å². The van der Waals surface area contributed by atoms with E-state index in [4.69, 9.17) is 4.74 Å². The second-order valence-electron chi connectivity index (χ2n) is 9.46. The van der Waals surface area contributed by atoms with Crippen molar-refractivity contribution in [1.29, 1.82) is 0 Å². The van der Waals surface area contributed by atoms with Crippen molar-refractivity contribution in [2.75, 3.05) is 38.4 Å². The molecule has 0 aliphatic rings. The largest absolute Gasteiger partial charge is 0.383 e. The Balaban J connectivity index is 1.68. The van der Waals surface area contributed by atoms with Gasteiger partial charge in [0.2, 0.25) is 9.84 Å². The number of carbonyl (C=O) groups is 1. The van der Waals surface area contributed by atoms with Gasteiger partial charge < -0.3 is 20.3 Å². The Morgan fingerprint density at radius 2 is 1.77 bits per heavy atom. The Morgan fingerprint density at radius 1 is 1.05 bits per heavy atom. The molecule has 0 radical (unpaired) electrons. The Kier molecular flexibility index (Phi) is 8.28. The van der Waals surface area contributed by atoms with Crippen LogP contribution in [0.25, 0.3) is 10.9 Å². The molecule has 1 atom stereocenters. The third-order valence-electron chi connectivity index (χ3n) is 5.87. The van der Waals surface area contributed by atoms with Crippen LogP contribution in [0.2, 0.25) is 0 Å². The van der Waals surface area contributed by atoms with Crippen LogP contribution in [0.1, 0.15) is 22.8 Å². The van der Waals surface area contributed by atoms with Gasteiger partial charge in [-0.1, -0.05) is 6.07 Å². The Morgan fingerprint density at radius 3 is 2.44 bits per heavy atom. The van der Waals surface area contributed by atoms with Crippen LogP contribution in [-0.4, -0.2) is 63.3 Å². The van der Waals surface area contributed by atoms with Crippen molar-refractivity contribution in [1.82, 2.24) is 15.1 Å². The van der Waals surface area contributed by atoms with E-state index in [1.54, 1.807) is 13.2 Å². The molecule has 1 unspecified atom stereocenters. The average Bonchev–Trinajstić information content (AvgIpc) is 3.25. The number of aromatic amines is 1. The van der Waals surface area contributed by atoms with E-state index in [-0.39, 0.29) is 16.8 Å². The summed E-state index contributed by atoms with van der Waals surface area (Å²) in [7, 11) is 1.24. The van der Waals surface area contributed by atoms with Gasteiger partial charge >= 0.3 is 0 Å². The van der Waals surface area contributed by atoms with Gasteiger partial charge in [-0.25, -0.2) is 17.2 Å². The molecule has 206 valence electrons. The van der Waals surface area contributed by atoms with Crippen LogP contribution >= 0.6 is 0 Å². The van der Waals surface area contributed by atoms with E-state index in [1.807, 2.05) is 38.1 Å². The number of methoxy groups -OCH3 is 1. The molecular formula is C27H29F2N5O4S. The zero-order chi connectivity index (χ0) is 28.3. The summed E-state index contributed by atoms with van der Waals surface area (Å²) in [4.78, 5) is 14.7. The summed E-state index contributed by atoms with van der Waals surface area (Å²) in [5, 5.41) is 13.3. The minimum absolute atomic E-state index is 0.0807. The molecule has 1 aromatic heterocycles. The summed E-state index contributed by atoms with van der Waals surface area (Å²) in [5.74, 6) is -2.38. The standard InChI is InChI=1S/C27H29F2N5O4S/c1-16(15-38-4)30-25-9-17(14-34(2)3)5-7-22(25)27(35)31-26-23-13-20(6-8-24(23)32-33-26)39(36,37)21-11-18(28)10-19(29)12-21/h5-13,16,30H,14-15H2,1-4H3,(H2,31,32,33,35). The van der Waals surface area contributed by atoms with E-state index in [0.29, 0.717) is 41.4 Å². The summed E-state index contributed by atoms with van der Waals surface area (Å²) in [6, 6.07) is 11.5. The highest BCUT2D eigenvalue weighted by Gasteiger charge is 2.22. The zero-order valence-corrected chi connectivity index (χ0v) is 22.7. The van der Waals surface area contributed by atoms with Crippen molar-refractivity contribution < 1.29 is 26.7 Å². The van der Waals surface area contributed by atoms with Crippen LogP contribution in [0.15, 0.2) is 64.4 Å². The Bertz CT molecular complexity index is 1600. The number of amides is 1. The van der Waals surface area contributed by atoms with E-state index < -0.39 is 32.3 Å². The molecule has 0 saturated heterocycles. The van der Waals surface area contributed by atoms with E-state index in [0.717, 1.165) is 17.7 Å². The van der Waals surface area contributed by atoms with Crippen LogP contribution in [-0.2, 0) is 21.1 Å². The van der Waals surface area contributed by atoms with Crippen molar-refractivity contribution in [2.45, 2.75) is 29.3 Å². The second kappa shape index (κ2) is 11.5. The summed E-state index contributed by atoms with van der Waals surface area (Å²) in [6.45, 7) is 3.03. The van der Waals surface area contributed by atoms with Crippen LogP contribution in [0.4, 0.5) is 20.3 Å². The molecule has 0 aliphatic heterocycles. The lowest BCUT2D eigenvalue weighted by Gasteiger charge is -2.19. The van der Waals surface area contributed by atoms with E-state index >= 15 is 0 Å². The maximum atomic E-state index is 13.7. The predicted octanol–water partition coefficient (Wildman–Crippen LogP) is 4.43. The molecule has 4 rings (SSSR count). The lowest BCUT2D eigenvalue weighted by atomic mass is 10.1. The number of H-pyrrole nitrogens is 1. The lowest BCUT2D eigenvalue weighted by Crippen LogP contribution is -2.24. The molecule has 3 aromatic carbocycles. The first-order chi connectivity index (χ1) is 18.5. The van der Waals surface area contributed by atoms with Crippen molar-refractivity contribution in [3.05, 3.63) is 77.4 Å². The summed E-state index contributed by atoms with van der Waals surface area (Å²) < 4.78 is 58.8. The minimum Gasteiger partial charge on any atom is -0.383 e. The van der Waals surface area contributed by atoms with Crippen LogP contribution in [0, 0.1) is 11.6 Å². The van der Waals surface area contributed by atoms with Gasteiger partial charge in [0.05, 0.1) is 27.5 Å². The zero-order valence-electron chi connectivity index (χ0n) is 21.9. The molecule has 4 aromatic rings. The highest BCUT2D eigenvalue weighted by molar-refractivity contribution is 7.91.